The standard InChI is InChI=1S/C16H24N4O/c1-10(21)11-5-7-20(8-6-11)16-13(15(17)18)9-12-3-2-4-14(12)19-16/h9-11,21H,2-8H2,1H3,(H3,17,18). The van der Waals surface area contributed by atoms with Gasteiger partial charge in [-0.25, -0.2) is 4.98 Å². The van der Waals surface area contributed by atoms with E-state index in [0.717, 1.165) is 56.6 Å². The van der Waals surface area contributed by atoms with Crippen LogP contribution in [0.25, 0.3) is 0 Å². The number of nitrogens with zero attached hydrogens (tertiary/aromatic N) is 2. The number of aliphatic hydroxyl groups excluding tert-OH is 1. The smallest absolute Gasteiger partial charge is 0.139 e. The van der Waals surface area contributed by atoms with Crippen molar-refractivity contribution >= 4 is 11.7 Å². The molecule has 1 unspecified atom stereocenters. The topological polar surface area (TPSA) is 86.2 Å². The molecule has 1 aliphatic heterocycles. The Bertz CT molecular complexity index is 547. The largest absolute Gasteiger partial charge is 0.393 e. The number of nitrogens with two attached hydrogens (primary N) is 1. The number of aromatic nitrogens is 1. The first-order valence-electron chi connectivity index (χ1n) is 7.86. The van der Waals surface area contributed by atoms with Crippen LogP contribution in [0.5, 0.6) is 0 Å². The maximum Gasteiger partial charge on any atom is 0.139 e. The van der Waals surface area contributed by atoms with Crippen LogP contribution < -0.4 is 10.6 Å². The molecular weight excluding hydrogens is 264 g/mol. The Morgan fingerprint density at radius 1 is 1.43 bits per heavy atom. The molecule has 21 heavy (non-hydrogen) atoms. The number of aryl methyl sites for hydroxylation is 2. The third kappa shape index (κ3) is 2.75. The van der Waals surface area contributed by atoms with E-state index in [0.29, 0.717) is 5.92 Å². The maximum atomic E-state index is 9.72. The van der Waals surface area contributed by atoms with Crippen LogP contribution in [0.15, 0.2) is 6.07 Å². The molecule has 1 saturated heterocycles. The zero-order chi connectivity index (χ0) is 15.0. The lowest BCUT2D eigenvalue weighted by Gasteiger charge is -2.35. The van der Waals surface area contributed by atoms with E-state index >= 15 is 0 Å². The predicted molar refractivity (Wildman–Crippen MR) is 83.9 cm³/mol. The second kappa shape index (κ2) is 5.64. The van der Waals surface area contributed by atoms with E-state index in [1.807, 2.05) is 6.92 Å². The number of nitrogens with one attached hydrogen (secondary N) is 1. The number of amidine groups is 1. The summed E-state index contributed by atoms with van der Waals surface area (Å²) in [4.78, 5) is 7.04. The quantitative estimate of drug-likeness (QED) is 0.580. The van der Waals surface area contributed by atoms with Gasteiger partial charge in [0, 0.05) is 18.8 Å². The Balaban J connectivity index is 1.86. The van der Waals surface area contributed by atoms with Crippen molar-refractivity contribution in [2.45, 2.75) is 45.1 Å². The van der Waals surface area contributed by atoms with E-state index in [-0.39, 0.29) is 11.9 Å². The highest BCUT2D eigenvalue weighted by molar-refractivity contribution is 6.00. The third-order valence-electron chi connectivity index (χ3n) is 4.84. The predicted octanol–water partition coefficient (Wildman–Crippen LogP) is 1.45. The van der Waals surface area contributed by atoms with Gasteiger partial charge in [-0.15, -0.1) is 0 Å². The molecule has 1 fully saturated rings. The van der Waals surface area contributed by atoms with Gasteiger partial charge in [0.1, 0.15) is 11.7 Å². The van der Waals surface area contributed by atoms with E-state index in [4.69, 9.17) is 16.1 Å². The van der Waals surface area contributed by atoms with Gasteiger partial charge in [0.05, 0.1) is 11.7 Å². The highest BCUT2D eigenvalue weighted by Crippen LogP contribution is 2.30. The number of hydrogen-bond donors (Lipinski definition) is 3. The number of rotatable bonds is 3. The maximum absolute atomic E-state index is 9.72. The molecule has 0 spiro atoms. The number of hydrogen-bond acceptors (Lipinski definition) is 4. The van der Waals surface area contributed by atoms with Crippen molar-refractivity contribution in [3.8, 4) is 0 Å². The zero-order valence-corrected chi connectivity index (χ0v) is 12.6. The summed E-state index contributed by atoms with van der Waals surface area (Å²) in [6, 6.07) is 2.06. The summed E-state index contributed by atoms with van der Waals surface area (Å²) in [7, 11) is 0. The summed E-state index contributed by atoms with van der Waals surface area (Å²) in [5.74, 6) is 1.34. The average Bonchev–Trinajstić information content (AvgIpc) is 2.93. The third-order valence-corrected chi connectivity index (χ3v) is 4.84. The molecule has 0 bridgehead atoms. The monoisotopic (exact) mass is 288 g/mol. The molecule has 2 heterocycles. The normalized spacial score (nSPS) is 20.4. The van der Waals surface area contributed by atoms with Crippen molar-refractivity contribution in [1.82, 2.24) is 4.98 Å². The van der Waals surface area contributed by atoms with E-state index in [2.05, 4.69) is 11.0 Å². The fourth-order valence-corrected chi connectivity index (χ4v) is 3.49. The fourth-order valence-electron chi connectivity index (χ4n) is 3.49. The summed E-state index contributed by atoms with van der Waals surface area (Å²) in [5.41, 5.74) is 8.96. The van der Waals surface area contributed by atoms with Crippen LogP contribution in [-0.2, 0) is 12.8 Å². The Morgan fingerprint density at radius 2 is 2.14 bits per heavy atom. The summed E-state index contributed by atoms with van der Waals surface area (Å²) >= 11 is 0. The van der Waals surface area contributed by atoms with E-state index in [1.165, 1.54) is 11.3 Å². The molecule has 4 N–H and O–H groups in total. The second-order valence-electron chi connectivity index (χ2n) is 6.30. The van der Waals surface area contributed by atoms with E-state index in [1.54, 1.807) is 0 Å². The van der Waals surface area contributed by atoms with Crippen molar-refractivity contribution < 1.29 is 5.11 Å². The number of nitrogen functional groups attached to an aromatic ring is 1. The van der Waals surface area contributed by atoms with E-state index < -0.39 is 0 Å². The molecule has 1 aromatic heterocycles. The molecule has 5 heteroatoms. The molecule has 2 aliphatic rings. The molecule has 0 aromatic carbocycles. The molecule has 114 valence electrons. The van der Waals surface area contributed by atoms with Gasteiger partial charge in [-0.3, -0.25) is 5.41 Å². The van der Waals surface area contributed by atoms with Crippen LogP contribution in [0.3, 0.4) is 0 Å². The molecule has 0 amide bonds. The zero-order valence-electron chi connectivity index (χ0n) is 12.6. The Hall–Kier alpha value is -1.62. The Morgan fingerprint density at radius 3 is 2.76 bits per heavy atom. The van der Waals surface area contributed by atoms with Gasteiger partial charge >= 0.3 is 0 Å². The van der Waals surface area contributed by atoms with Crippen molar-refractivity contribution in [1.29, 1.82) is 5.41 Å². The first kappa shape index (κ1) is 14.3. The molecule has 3 rings (SSSR count). The van der Waals surface area contributed by atoms with Crippen molar-refractivity contribution in [2.75, 3.05) is 18.0 Å². The van der Waals surface area contributed by atoms with Gasteiger partial charge < -0.3 is 15.7 Å². The number of pyridine rings is 1. The number of piperidine rings is 1. The van der Waals surface area contributed by atoms with Gasteiger partial charge in [0.25, 0.3) is 0 Å². The fraction of sp³-hybridized carbons (Fsp3) is 0.625. The highest BCUT2D eigenvalue weighted by Gasteiger charge is 2.26. The van der Waals surface area contributed by atoms with Crippen LogP contribution >= 0.6 is 0 Å². The van der Waals surface area contributed by atoms with Crippen molar-refractivity contribution in [2.24, 2.45) is 11.7 Å². The molecule has 5 nitrogen and oxygen atoms in total. The lowest BCUT2D eigenvalue weighted by molar-refractivity contribution is 0.110. The van der Waals surface area contributed by atoms with Gasteiger partial charge in [-0.05, 0) is 56.6 Å². The average molecular weight is 288 g/mol. The minimum Gasteiger partial charge on any atom is -0.393 e. The summed E-state index contributed by atoms with van der Waals surface area (Å²) in [6.07, 6.45) is 4.92. The molecule has 0 saturated carbocycles. The number of anilines is 1. The highest BCUT2D eigenvalue weighted by atomic mass is 16.3. The van der Waals surface area contributed by atoms with E-state index in [9.17, 15) is 5.11 Å². The van der Waals surface area contributed by atoms with Gasteiger partial charge in [0.15, 0.2) is 0 Å². The number of fused-ring (bicyclic) bond motifs is 1. The second-order valence-corrected chi connectivity index (χ2v) is 6.30. The minimum atomic E-state index is -0.243. The van der Waals surface area contributed by atoms with Crippen LogP contribution in [-0.4, -0.2) is 35.1 Å². The van der Waals surface area contributed by atoms with Gasteiger partial charge in [-0.2, -0.15) is 0 Å². The SMILES string of the molecule is CC(O)C1CCN(c2nc3c(cc2C(=N)N)CCC3)CC1. The summed E-state index contributed by atoms with van der Waals surface area (Å²) in [5, 5.41) is 17.6. The minimum absolute atomic E-state index is 0.102. The van der Waals surface area contributed by atoms with Crippen LogP contribution in [0.4, 0.5) is 5.82 Å². The Kier molecular flexibility index (Phi) is 3.85. The first-order valence-corrected chi connectivity index (χ1v) is 7.86. The molecular formula is C16H24N4O. The summed E-state index contributed by atoms with van der Waals surface area (Å²) in [6.45, 7) is 3.62. The van der Waals surface area contributed by atoms with Gasteiger partial charge in [-0.1, -0.05) is 0 Å². The van der Waals surface area contributed by atoms with Crippen LogP contribution in [0, 0.1) is 11.3 Å². The molecule has 1 atom stereocenters. The molecule has 1 aromatic rings. The lowest BCUT2D eigenvalue weighted by Crippen LogP contribution is -2.38. The molecule has 1 aliphatic carbocycles. The molecule has 0 radical (unpaired) electrons. The van der Waals surface area contributed by atoms with Gasteiger partial charge in [0.2, 0.25) is 0 Å². The van der Waals surface area contributed by atoms with Crippen molar-refractivity contribution in [3.63, 3.8) is 0 Å². The van der Waals surface area contributed by atoms with Crippen molar-refractivity contribution in [3.05, 3.63) is 22.9 Å². The number of aliphatic hydroxyl groups is 1. The summed E-state index contributed by atoms with van der Waals surface area (Å²) < 4.78 is 0. The lowest BCUT2D eigenvalue weighted by atomic mass is 9.92. The Labute approximate surface area is 125 Å². The van der Waals surface area contributed by atoms with Crippen LogP contribution in [0.2, 0.25) is 0 Å². The first-order chi connectivity index (χ1) is 10.1. The van der Waals surface area contributed by atoms with Crippen LogP contribution in [0.1, 0.15) is 43.0 Å².